The molecular formula is C19H23NO. The van der Waals surface area contributed by atoms with E-state index >= 15 is 0 Å². The van der Waals surface area contributed by atoms with E-state index in [1.54, 1.807) is 6.26 Å². The molecular weight excluding hydrogens is 258 g/mol. The van der Waals surface area contributed by atoms with Gasteiger partial charge in [-0.2, -0.15) is 0 Å². The van der Waals surface area contributed by atoms with Crippen LogP contribution in [0.2, 0.25) is 0 Å². The molecule has 4 aliphatic rings. The minimum Gasteiger partial charge on any atom is -0.388 e. The maximum atomic E-state index is 8.61. The molecule has 1 aromatic carbocycles. The highest BCUT2D eigenvalue weighted by atomic mass is 16.5. The molecule has 110 valence electrons. The van der Waals surface area contributed by atoms with Crippen molar-refractivity contribution in [3.05, 3.63) is 29.8 Å². The fourth-order valence-corrected chi connectivity index (χ4v) is 6.70. The van der Waals surface area contributed by atoms with E-state index in [1.165, 1.54) is 44.1 Å². The Balaban J connectivity index is 1.72. The number of hydrogen-bond acceptors (Lipinski definition) is 2. The van der Waals surface area contributed by atoms with Gasteiger partial charge in [0.25, 0.3) is 6.26 Å². The van der Waals surface area contributed by atoms with Gasteiger partial charge in [0.2, 0.25) is 0 Å². The number of rotatable bonds is 2. The second-order valence-corrected chi connectivity index (χ2v) is 8.63. The Kier molecular flexibility index (Phi) is 2.53. The van der Waals surface area contributed by atoms with Crippen LogP contribution >= 0.6 is 0 Å². The molecule has 0 amide bonds. The summed E-state index contributed by atoms with van der Waals surface area (Å²) in [6, 6.07) is 8.32. The monoisotopic (exact) mass is 281 g/mol. The van der Waals surface area contributed by atoms with Crippen molar-refractivity contribution in [3.8, 4) is 12.0 Å². The number of nitriles is 1. The van der Waals surface area contributed by atoms with Crippen molar-refractivity contribution in [3.63, 3.8) is 0 Å². The number of nitrogens with zero attached hydrogens (tertiary/aromatic N) is 1. The van der Waals surface area contributed by atoms with Gasteiger partial charge in [-0.15, -0.1) is 5.26 Å². The second kappa shape index (κ2) is 4.03. The van der Waals surface area contributed by atoms with Gasteiger partial charge in [0.15, 0.2) is 0 Å². The maximum absolute atomic E-state index is 8.61. The number of benzene rings is 1. The Labute approximate surface area is 127 Å². The number of ether oxygens (including phenoxy) is 1. The van der Waals surface area contributed by atoms with E-state index in [-0.39, 0.29) is 0 Å². The summed E-state index contributed by atoms with van der Waals surface area (Å²) in [6.45, 7) is 5.02. The van der Waals surface area contributed by atoms with Gasteiger partial charge in [-0.3, -0.25) is 0 Å². The molecule has 0 N–H and O–H groups in total. The zero-order valence-electron chi connectivity index (χ0n) is 13.0. The van der Waals surface area contributed by atoms with E-state index < -0.39 is 0 Å². The summed E-state index contributed by atoms with van der Waals surface area (Å²) < 4.78 is 4.92. The minimum atomic E-state index is 0.369. The predicted molar refractivity (Wildman–Crippen MR) is 81.8 cm³/mol. The van der Waals surface area contributed by atoms with Crippen LogP contribution < -0.4 is 4.74 Å². The summed E-state index contributed by atoms with van der Waals surface area (Å²) in [5, 5.41) is 8.61. The summed E-state index contributed by atoms with van der Waals surface area (Å²) >= 11 is 0. The van der Waals surface area contributed by atoms with Crippen LogP contribution in [-0.2, 0) is 5.41 Å². The normalized spacial score (nSPS) is 43.6. The van der Waals surface area contributed by atoms with E-state index in [0.29, 0.717) is 22.0 Å². The molecule has 0 heterocycles. The fourth-order valence-electron chi connectivity index (χ4n) is 6.70. The predicted octanol–water partition coefficient (Wildman–Crippen LogP) is 4.79. The third kappa shape index (κ3) is 1.98. The van der Waals surface area contributed by atoms with E-state index in [4.69, 9.17) is 10.00 Å². The van der Waals surface area contributed by atoms with E-state index in [1.807, 2.05) is 12.1 Å². The standard InChI is InChI=1S/C19H23NO/c1-17-7-14-8-18(2,10-17)12-19(9-14,11-17)15-3-5-16(6-4-15)21-13-20/h3-6,14H,7-12H2,1-2H3. The Bertz CT molecular complexity index is 593. The van der Waals surface area contributed by atoms with Crippen molar-refractivity contribution < 1.29 is 4.74 Å². The zero-order valence-corrected chi connectivity index (χ0v) is 13.0. The molecule has 0 aromatic heterocycles. The van der Waals surface area contributed by atoms with Gasteiger partial charge in [-0.05, 0) is 78.4 Å². The van der Waals surface area contributed by atoms with E-state index in [0.717, 1.165) is 5.92 Å². The zero-order chi connectivity index (χ0) is 14.7. The highest BCUT2D eigenvalue weighted by Crippen LogP contribution is 2.69. The quantitative estimate of drug-likeness (QED) is 0.730. The molecule has 1 aromatic rings. The van der Waals surface area contributed by atoms with E-state index in [2.05, 4.69) is 26.0 Å². The lowest BCUT2D eigenvalue weighted by molar-refractivity contribution is -0.110. The summed E-state index contributed by atoms with van der Waals surface area (Å²) in [5.41, 5.74) is 2.91. The summed E-state index contributed by atoms with van der Waals surface area (Å²) in [4.78, 5) is 0. The SMILES string of the molecule is CC12CC3CC(C)(C1)CC(c1ccc(OC#N)cc1)(C3)C2. The summed E-state index contributed by atoms with van der Waals surface area (Å²) in [5.74, 6) is 1.56. The van der Waals surface area contributed by atoms with Crippen LogP contribution in [0, 0.1) is 28.3 Å². The van der Waals surface area contributed by atoms with Crippen LogP contribution in [0.3, 0.4) is 0 Å². The van der Waals surface area contributed by atoms with Gasteiger partial charge in [-0.1, -0.05) is 26.0 Å². The first-order chi connectivity index (χ1) is 9.94. The van der Waals surface area contributed by atoms with Gasteiger partial charge in [0, 0.05) is 0 Å². The van der Waals surface area contributed by atoms with Crippen molar-refractivity contribution in [2.75, 3.05) is 0 Å². The topological polar surface area (TPSA) is 33.0 Å². The highest BCUT2D eigenvalue weighted by molar-refractivity contribution is 5.36. The summed E-state index contributed by atoms with van der Waals surface area (Å²) in [7, 11) is 0. The molecule has 2 nitrogen and oxygen atoms in total. The Hall–Kier alpha value is -1.49. The highest BCUT2D eigenvalue weighted by Gasteiger charge is 2.60. The first-order valence-electron chi connectivity index (χ1n) is 8.11. The lowest BCUT2D eigenvalue weighted by atomic mass is 9.39. The molecule has 2 unspecified atom stereocenters. The van der Waals surface area contributed by atoms with Crippen molar-refractivity contribution in [1.82, 2.24) is 0 Å². The molecule has 2 heteroatoms. The molecule has 0 saturated heterocycles. The van der Waals surface area contributed by atoms with Crippen molar-refractivity contribution in [1.29, 1.82) is 5.26 Å². The Morgan fingerprint density at radius 3 is 2.14 bits per heavy atom. The van der Waals surface area contributed by atoms with Crippen molar-refractivity contribution in [2.45, 2.75) is 57.8 Å². The third-order valence-electron chi connectivity index (χ3n) is 6.26. The largest absolute Gasteiger partial charge is 0.388 e. The van der Waals surface area contributed by atoms with Gasteiger partial charge >= 0.3 is 0 Å². The second-order valence-electron chi connectivity index (χ2n) is 8.63. The summed E-state index contributed by atoms with van der Waals surface area (Å²) in [6.07, 6.45) is 10.1. The van der Waals surface area contributed by atoms with Crippen LogP contribution in [0.5, 0.6) is 5.75 Å². The van der Waals surface area contributed by atoms with E-state index in [9.17, 15) is 0 Å². The molecule has 21 heavy (non-hydrogen) atoms. The lowest BCUT2D eigenvalue weighted by Gasteiger charge is -2.65. The van der Waals surface area contributed by atoms with Crippen molar-refractivity contribution >= 4 is 0 Å². The molecule has 4 saturated carbocycles. The molecule has 4 aliphatic carbocycles. The molecule has 0 spiro atoms. The smallest absolute Gasteiger partial charge is 0.292 e. The van der Waals surface area contributed by atoms with Crippen LogP contribution in [-0.4, -0.2) is 0 Å². The lowest BCUT2D eigenvalue weighted by Crippen LogP contribution is -2.56. The third-order valence-corrected chi connectivity index (χ3v) is 6.26. The first-order valence-corrected chi connectivity index (χ1v) is 8.11. The molecule has 4 bridgehead atoms. The van der Waals surface area contributed by atoms with Crippen LogP contribution in [0.25, 0.3) is 0 Å². The Morgan fingerprint density at radius 2 is 1.62 bits per heavy atom. The molecule has 0 aliphatic heterocycles. The molecule has 0 radical (unpaired) electrons. The average molecular weight is 281 g/mol. The van der Waals surface area contributed by atoms with Crippen molar-refractivity contribution in [2.24, 2.45) is 16.7 Å². The average Bonchev–Trinajstić information content (AvgIpc) is 2.35. The van der Waals surface area contributed by atoms with Gasteiger partial charge in [-0.25, -0.2) is 0 Å². The first kappa shape index (κ1) is 13.2. The van der Waals surface area contributed by atoms with Gasteiger partial charge < -0.3 is 4.74 Å². The van der Waals surface area contributed by atoms with Gasteiger partial charge in [0.05, 0.1) is 0 Å². The van der Waals surface area contributed by atoms with Crippen LogP contribution in [0.15, 0.2) is 24.3 Å². The van der Waals surface area contributed by atoms with Crippen LogP contribution in [0.4, 0.5) is 0 Å². The van der Waals surface area contributed by atoms with Gasteiger partial charge in [0.1, 0.15) is 5.75 Å². The van der Waals surface area contributed by atoms with Crippen LogP contribution in [0.1, 0.15) is 57.9 Å². The molecule has 4 fully saturated rings. The fraction of sp³-hybridized carbons (Fsp3) is 0.632. The molecule has 5 rings (SSSR count). The molecule has 2 atom stereocenters. The Morgan fingerprint density at radius 1 is 1.00 bits per heavy atom. The minimum absolute atomic E-state index is 0.369. The maximum Gasteiger partial charge on any atom is 0.292 e. The number of hydrogen-bond donors (Lipinski definition) is 0.